The molecule has 0 saturated carbocycles. The van der Waals surface area contributed by atoms with Gasteiger partial charge in [-0.2, -0.15) is 0 Å². The molecule has 1 aliphatic carbocycles. The summed E-state index contributed by atoms with van der Waals surface area (Å²) < 4.78 is 14.8. The van der Waals surface area contributed by atoms with Crippen LogP contribution in [0.25, 0.3) is 154 Å². The molecule has 0 amide bonds. The van der Waals surface area contributed by atoms with Crippen molar-refractivity contribution in [3.05, 3.63) is 350 Å². The molecule has 19 rings (SSSR count). The van der Waals surface area contributed by atoms with Gasteiger partial charge in [-0.15, -0.1) is 0 Å². The van der Waals surface area contributed by atoms with Crippen LogP contribution in [0.3, 0.4) is 0 Å². The van der Waals surface area contributed by atoms with Gasteiger partial charge in [0, 0.05) is 55.4 Å². The molecule has 0 atom stereocenters. The first kappa shape index (κ1) is 64.1. The third kappa shape index (κ3) is 10.4. The monoisotopic (exact) mass is 1360 g/mol. The molecule has 0 aliphatic heterocycles. The molecule has 1 aliphatic rings. The Bertz CT molecular complexity index is 6100. The molecule has 2 aromatic heterocycles. The molecule has 106 heavy (non-hydrogen) atoms. The van der Waals surface area contributed by atoms with Crippen LogP contribution in [-0.2, 0) is 10.8 Å². The first-order chi connectivity index (χ1) is 51.7. The van der Waals surface area contributed by atoms with Gasteiger partial charge in [-0.1, -0.05) is 321 Å². The van der Waals surface area contributed by atoms with E-state index < -0.39 is 0 Å². The summed E-state index contributed by atoms with van der Waals surface area (Å²) in [7, 11) is 0. The van der Waals surface area contributed by atoms with E-state index >= 15 is 0 Å². The van der Waals surface area contributed by atoms with Crippen molar-refractivity contribution in [1.29, 1.82) is 0 Å². The van der Waals surface area contributed by atoms with Gasteiger partial charge in [0.1, 0.15) is 11.2 Å². The number of para-hydroxylation sites is 4. The molecule has 0 bridgehead atoms. The van der Waals surface area contributed by atoms with E-state index in [-0.39, 0.29) is 10.8 Å². The minimum Gasteiger partial charge on any atom is -0.454 e. The maximum atomic E-state index is 7.38. The molecule has 0 unspecified atom stereocenters. The highest BCUT2D eigenvalue weighted by atomic mass is 16.3. The number of anilines is 6. The lowest BCUT2D eigenvalue weighted by Gasteiger charge is -2.38. The average Bonchev–Trinajstić information content (AvgIpc) is 0.783. The standard InChI is InChI=1S/C102H78N2O2/c1-63-51-53-71(65-31-15-9-16-32-65)59-87(63)103(85-49-29-45-79-77-43-27-47-83(101(3,4)5)97(77)105-99(79)85)73-55-57-75-81(61-73)91(69-39-23-13-24-40-69)95-93(89(75)67-35-19-11-20-36-67)96-92(70-41-25-14-26-42-70)82-62-74(56-58-76(82)90(94(95)96)68-37-21-12-22-38-68)104(88-60-72(54-52-64(88)2)66-33-17-10-18-34-66)86-50-30-46-80-78-44-28-48-84(102(6,7)8)98(78)106-100(80)86/h9-62H,1-8H3. The highest BCUT2D eigenvalue weighted by Crippen LogP contribution is 2.67. The summed E-state index contributed by atoms with van der Waals surface area (Å²) in [6.07, 6.45) is 0. The highest BCUT2D eigenvalue weighted by Gasteiger charge is 2.40. The molecule has 0 N–H and O–H groups in total. The third-order valence-electron chi connectivity index (χ3n) is 22.1. The Labute approximate surface area is 619 Å². The second-order valence-corrected chi connectivity index (χ2v) is 30.7. The second-order valence-electron chi connectivity index (χ2n) is 30.7. The van der Waals surface area contributed by atoms with Gasteiger partial charge in [0.2, 0.25) is 0 Å². The van der Waals surface area contributed by atoms with E-state index in [0.717, 1.165) is 155 Å². The molecule has 2 heterocycles. The number of benzene rings is 16. The van der Waals surface area contributed by atoms with E-state index in [4.69, 9.17) is 8.83 Å². The van der Waals surface area contributed by atoms with Crippen LogP contribution in [0.2, 0.25) is 0 Å². The van der Waals surface area contributed by atoms with Crippen LogP contribution in [0.5, 0.6) is 0 Å². The van der Waals surface area contributed by atoms with Crippen molar-refractivity contribution in [3.63, 3.8) is 0 Å². The summed E-state index contributed by atoms with van der Waals surface area (Å²) in [5, 5.41) is 8.99. The van der Waals surface area contributed by atoms with Crippen LogP contribution in [0.1, 0.15) is 63.8 Å². The summed E-state index contributed by atoms with van der Waals surface area (Å²) in [5.74, 6) is 0. The Hall–Kier alpha value is -12.8. The molecule has 0 saturated heterocycles. The van der Waals surface area contributed by atoms with Crippen molar-refractivity contribution in [2.24, 2.45) is 0 Å². The van der Waals surface area contributed by atoms with Gasteiger partial charge in [0.15, 0.2) is 11.2 Å². The maximum Gasteiger partial charge on any atom is 0.159 e. The Morgan fingerprint density at radius 3 is 0.821 bits per heavy atom. The van der Waals surface area contributed by atoms with Gasteiger partial charge < -0.3 is 18.6 Å². The van der Waals surface area contributed by atoms with Gasteiger partial charge >= 0.3 is 0 Å². The lowest BCUT2D eigenvalue weighted by Crippen LogP contribution is -2.13. The number of furan rings is 2. The van der Waals surface area contributed by atoms with Crippen molar-refractivity contribution < 1.29 is 8.83 Å². The fourth-order valence-electron chi connectivity index (χ4n) is 17.1. The normalized spacial score (nSPS) is 12.2. The maximum absolute atomic E-state index is 7.38. The second kappa shape index (κ2) is 25.0. The number of hydrogen-bond acceptors (Lipinski definition) is 4. The minimum atomic E-state index is -0.158. The number of hydrogen-bond donors (Lipinski definition) is 0. The van der Waals surface area contributed by atoms with Crippen LogP contribution in [-0.4, -0.2) is 0 Å². The Kier molecular flexibility index (Phi) is 15.1. The molecule has 0 spiro atoms. The Balaban J connectivity index is 0.927. The summed E-state index contributed by atoms with van der Waals surface area (Å²) in [5.41, 5.74) is 32.8. The summed E-state index contributed by atoms with van der Waals surface area (Å²) in [4.78, 5) is 4.95. The molecular weight excluding hydrogens is 1290 g/mol. The molecule has 18 aromatic rings. The lowest BCUT2D eigenvalue weighted by molar-refractivity contribution is 0.572. The molecular formula is C102H78N2O2. The summed E-state index contributed by atoms with van der Waals surface area (Å²) >= 11 is 0. The number of aryl methyl sites for hydroxylation is 2. The fourth-order valence-corrected chi connectivity index (χ4v) is 17.1. The summed E-state index contributed by atoms with van der Waals surface area (Å²) in [6.45, 7) is 18.1. The zero-order chi connectivity index (χ0) is 71.7. The van der Waals surface area contributed by atoms with Crippen LogP contribution < -0.4 is 9.80 Å². The van der Waals surface area contributed by atoms with E-state index in [1.54, 1.807) is 0 Å². The third-order valence-corrected chi connectivity index (χ3v) is 22.1. The molecule has 508 valence electrons. The number of fused-ring (bicyclic) bond motifs is 12. The topological polar surface area (TPSA) is 32.8 Å². The van der Waals surface area contributed by atoms with Crippen molar-refractivity contribution in [1.82, 2.24) is 0 Å². The SMILES string of the molecule is Cc1ccc(-c2ccccc2)cc1N(c1ccc2c(-c3ccccc3)c3c(c(-c4ccccc4)c2c1)-c1c-3c(-c2ccccc2)c2cc(N(c3cc(-c4ccccc4)ccc3C)c3cccc4c3oc3c(C(C)(C)C)cccc34)ccc2c1-c1ccccc1)c1cccc2c1oc1c(C(C)(C)C)cccc12. The van der Waals surface area contributed by atoms with Gasteiger partial charge in [-0.05, 0) is 195 Å². The lowest BCUT2D eigenvalue weighted by atomic mass is 9.65. The zero-order valence-electron chi connectivity index (χ0n) is 60.9. The molecule has 4 heteroatoms. The fraction of sp³-hybridized carbons (Fsp3) is 0.0980. The van der Waals surface area contributed by atoms with E-state index in [1.165, 1.54) is 55.6 Å². The van der Waals surface area contributed by atoms with Crippen LogP contribution >= 0.6 is 0 Å². The van der Waals surface area contributed by atoms with Crippen molar-refractivity contribution in [3.8, 4) is 89.0 Å². The smallest absolute Gasteiger partial charge is 0.159 e. The van der Waals surface area contributed by atoms with Crippen molar-refractivity contribution in [2.45, 2.75) is 66.2 Å². The van der Waals surface area contributed by atoms with Crippen molar-refractivity contribution >= 4 is 99.5 Å². The van der Waals surface area contributed by atoms with E-state index in [0.29, 0.717) is 0 Å². The minimum absolute atomic E-state index is 0.158. The molecule has 4 nitrogen and oxygen atoms in total. The van der Waals surface area contributed by atoms with Crippen LogP contribution in [0.4, 0.5) is 34.1 Å². The Morgan fingerprint density at radius 1 is 0.208 bits per heavy atom. The van der Waals surface area contributed by atoms with E-state index in [1.807, 2.05) is 0 Å². The largest absolute Gasteiger partial charge is 0.454 e. The molecule has 16 aromatic carbocycles. The first-order valence-electron chi connectivity index (χ1n) is 37.1. The van der Waals surface area contributed by atoms with Crippen molar-refractivity contribution in [2.75, 3.05) is 9.80 Å². The van der Waals surface area contributed by atoms with E-state index in [2.05, 4.69) is 393 Å². The van der Waals surface area contributed by atoms with Crippen LogP contribution in [0, 0.1) is 13.8 Å². The Morgan fingerprint density at radius 2 is 0.500 bits per heavy atom. The highest BCUT2D eigenvalue weighted by molar-refractivity contribution is 6.34. The van der Waals surface area contributed by atoms with E-state index in [9.17, 15) is 0 Å². The van der Waals surface area contributed by atoms with Gasteiger partial charge in [-0.25, -0.2) is 0 Å². The first-order valence-corrected chi connectivity index (χ1v) is 37.1. The zero-order valence-corrected chi connectivity index (χ0v) is 60.9. The van der Waals surface area contributed by atoms with Gasteiger partial charge in [-0.3, -0.25) is 0 Å². The van der Waals surface area contributed by atoms with Gasteiger partial charge in [0.25, 0.3) is 0 Å². The molecule has 0 fully saturated rings. The van der Waals surface area contributed by atoms with Crippen LogP contribution in [0.15, 0.2) is 336 Å². The number of rotatable bonds is 12. The number of nitrogens with zero attached hydrogens (tertiary/aromatic N) is 2. The predicted octanol–water partition coefficient (Wildman–Crippen LogP) is 29.6. The van der Waals surface area contributed by atoms with Gasteiger partial charge in [0.05, 0.1) is 11.4 Å². The summed E-state index contributed by atoms with van der Waals surface area (Å²) in [6, 6.07) is 121. The quantitative estimate of drug-likeness (QED) is 0.122. The average molecular weight is 1360 g/mol. The molecule has 0 radical (unpaired) electrons. The predicted molar refractivity (Wildman–Crippen MR) is 449 cm³/mol.